The van der Waals surface area contributed by atoms with Gasteiger partial charge >= 0.3 is 0 Å². The van der Waals surface area contributed by atoms with Crippen LogP contribution >= 0.6 is 0 Å². The van der Waals surface area contributed by atoms with E-state index in [1.807, 2.05) is 25.1 Å². The van der Waals surface area contributed by atoms with Gasteiger partial charge < -0.3 is 9.15 Å². The van der Waals surface area contributed by atoms with Crippen LogP contribution in [-0.2, 0) is 4.79 Å². The lowest BCUT2D eigenvalue weighted by atomic mass is 10.1. The molecular weight excluding hydrogens is 332 g/mol. The van der Waals surface area contributed by atoms with E-state index in [0.29, 0.717) is 29.0 Å². The monoisotopic (exact) mass is 350 g/mol. The smallest absolute Gasteiger partial charge is 0.263 e. The van der Waals surface area contributed by atoms with Crippen LogP contribution in [0.4, 0.5) is 5.69 Å². The fourth-order valence-corrected chi connectivity index (χ4v) is 2.45. The minimum atomic E-state index is -0.563. The number of benzene rings is 2. The molecule has 0 unspecified atom stereocenters. The lowest BCUT2D eigenvalue weighted by molar-refractivity contribution is -0.118. The van der Waals surface area contributed by atoms with Gasteiger partial charge in [-0.1, -0.05) is 18.2 Å². The maximum atomic E-state index is 12.4. The molecule has 2 amide bonds. The van der Waals surface area contributed by atoms with Crippen LogP contribution in [0.1, 0.15) is 24.2 Å². The van der Waals surface area contributed by atoms with Gasteiger partial charge in [-0.2, -0.15) is 0 Å². The van der Waals surface area contributed by atoms with Crippen LogP contribution in [0.2, 0.25) is 0 Å². The predicted molar refractivity (Wildman–Crippen MR) is 97.2 cm³/mol. The van der Waals surface area contributed by atoms with Crippen molar-refractivity contribution in [1.29, 1.82) is 0 Å². The van der Waals surface area contributed by atoms with Gasteiger partial charge in [-0.3, -0.25) is 14.9 Å². The van der Waals surface area contributed by atoms with E-state index < -0.39 is 11.8 Å². The zero-order valence-corrected chi connectivity index (χ0v) is 14.5. The molecule has 1 aromatic heterocycles. The molecule has 6 heteroatoms. The van der Waals surface area contributed by atoms with Gasteiger partial charge in [0.15, 0.2) is 0 Å². The van der Waals surface area contributed by atoms with E-state index in [0.717, 1.165) is 0 Å². The first-order valence-corrected chi connectivity index (χ1v) is 8.19. The molecule has 3 aromatic rings. The zero-order chi connectivity index (χ0) is 18.5. The SMILES string of the molecule is CCOc1ccc2cc(C(=O)NC(C)=O)c(=Nc3ccccc3)oc2c1. The summed E-state index contributed by atoms with van der Waals surface area (Å²) in [7, 11) is 0. The largest absolute Gasteiger partial charge is 0.494 e. The number of carbonyl (C=O) groups is 2. The number of para-hydroxylation sites is 1. The Balaban J connectivity index is 2.20. The molecule has 0 bridgehead atoms. The number of fused-ring (bicyclic) bond motifs is 1. The maximum Gasteiger partial charge on any atom is 0.263 e. The second-order valence-corrected chi connectivity index (χ2v) is 5.56. The number of imide groups is 1. The molecule has 1 heterocycles. The summed E-state index contributed by atoms with van der Waals surface area (Å²) in [6.45, 7) is 3.71. The Labute approximate surface area is 150 Å². The third-order valence-corrected chi connectivity index (χ3v) is 3.55. The van der Waals surface area contributed by atoms with E-state index >= 15 is 0 Å². The molecule has 132 valence electrons. The van der Waals surface area contributed by atoms with Gasteiger partial charge in [0.1, 0.15) is 16.9 Å². The lowest BCUT2D eigenvalue weighted by Gasteiger charge is -2.07. The Morgan fingerprint density at radius 1 is 1.12 bits per heavy atom. The fourth-order valence-electron chi connectivity index (χ4n) is 2.45. The van der Waals surface area contributed by atoms with Crippen molar-refractivity contribution in [2.45, 2.75) is 13.8 Å². The van der Waals surface area contributed by atoms with Crippen LogP contribution in [-0.4, -0.2) is 18.4 Å². The molecule has 0 atom stereocenters. The Bertz CT molecular complexity index is 1020. The first-order valence-electron chi connectivity index (χ1n) is 8.19. The van der Waals surface area contributed by atoms with Crippen molar-refractivity contribution in [1.82, 2.24) is 5.32 Å². The molecule has 0 aliphatic rings. The van der Waals surface area contributed by atoms with Crippen LogP contribution in [0.15, 0.2) is 64.0 Å². The highest BCUT2D eigenvalue weighted by molar-refractivity contribution is 6.05. The van der Waals surface area contributed by atoms with Gasteiger partial charge in [-0.05, 0) is 37.3 Å². The Morgan fingerprint density at radius 2 is 1.88 bits per heavy atom. The number of rotatable bonds is 4. The van der Waals surface area contributed by atoms with E-state index in [4.69, 9.17) is 9.15 Å². The molecule has 2 aromatic carbocycles. The summed E-state index contributed by atoms with van der Waals surface area (Å²) in [5, 5.41) is 2.96. The molecule has 26 heavy (non-hydrogen) atoms. The van der Waals surface area contributed by atoms with Crippen molar-refractivity contribution in [2.24, 2.45) is 4.99 Å². The first-order chi connectivity index (χ1) is 12.6. The number of nitrogens with one attached hydrogen (secondary N) is 1. The average Bonchev–Trinajstić information content (AvgIpc) is 2.61. The molecule has 1 N–H and O–H groups in total. The first kappa shape index (κ1) is 17.4. The molecule has 3 rings (SSSR count). The Hall–Kier alpha value is -3.41. The summed E-state index contributed by atoms with van der Waals surface area (Å²) in [4.78, 5) is 28.1. The van der Waals surface area contributed by atoms with Crippen molar-refractivity contribution in [3.05, 3.63) is 65.7 Å². The maximum absolute atomic E-state index is 12.4. The van der Waals surface area contributed by atoms with E-state index in [1.54, 1.807) is 36.4 Å². The van der Waals surface area contributed by atoms with Crippen molar-refractivity contribution >= 4 is 28.5 Å². The Kier molecular flexibility index (Phi) is 5.12. The molecular formula is C20H18N2O4. The lowest BCUT2D eigenvalue weighted by Crippen LogP contribution is -2.32. The van der Waals surface area contributed by atoms with E-state index in [1.165, 1.54) is 6.92 Å². The standard InChI is InChI=1S/C20H18N2O4/c1-3-25-16-10-9-14-11-17(19(24)21-13(2)23)20(26-18(14)12-16)22-15-7-5-4-6-8-15/h4-12H,3H2,1-2H3,(H,21,23,24). The summed E-state index contributed by atoms with van der Waals surface area (Å²) >= 11 is 0. The highest BCUT2D eigenvalue weighted by atomic mass is 16.5. The summed E-state index contributed by atoms with van der Waals surface area (Å²) in [6, 6.07) is 16.1. The fraction of sp³-hybridized carbons (Fsp3) is 0.150. The van der Waals surface area contributed by atoms with Gasteiger partial charge in [-0.15, -0.1) is 0 Å². The number of nitrogens with zero attached hydrogens (tertiary/aromatic N) is 1. The molecule has 0 saturated heterocycles. The van der Waals surface area contributed by atoms with Crippen molar-refractivity contribution in [3.63, 3.8) is 0 Å². The van der Waals surface area contributed by atoms with Crippen LogP contribution in [0, 0.1) is 0 Å². The minimum absolute atomic E-state index is 0.121. The van der Waals surface area contributed by atoms with Crippen LogP contribution in [0.3, 0.4) is 0 Å². The predicted octanol–water partition coefficient (Wildman–Crippen LogP) is 3.34. The zero-order valence-electron chi connectivity index (χ0n) is 14.5. The van der Waals surface area contributed by atoms with E-state index in [9.17, 15) is 9.59 Å². The third kappa shape index (κ3) is 3.97. The molecule has 6 nitrogen and oxygen atoms in total. The second kappa shape index (κ2) is 7.65. The van der Waals surface area contributed by atoms with Crippen molar-refractivity contribution in [2.75, 3.05) is 6.61 Å². The number of ether oxygens (including phenoxy) is 1. The number of hydrogen-bond donors (Lipinski definition) is 1. The van der Waals surface area contributed by atoms with Gasteiger partial charge in [0.2, 0.25) is 11.5 Å². The van der Waals surface area contributed by atoms with Crippen molar-refractivity contribution < 1.29 is 18.7 Å². The normalized spacial score (nSPS) is 11.4. The van der Waals surface area contributed by atoms with E-state index in [-0.39, 0.29) is 11.1 Å². The van der Waals surface area contributed by atoms with Gasteiger partial charge in [-0.25, -0.2) is 4.99 Å². The minimum Gasteiger partial charge on any atom is -0.494 e. The van der Waals surface area contributed by atoms with Crippen molar-refractivity contribution in [3.8, 4) is 5.75 Å². The highest BCUT2D eigenvalue weighted by Crippen LogP contribution is 2.21. The molecule has 0 saturated carbocycles. The number of amides is 2. The quantitative estimate of drug-likeness (QED) is 0.782. The van der Waals surface area contributed by atoms with Crippen LogP contribution < -0.4 is 15.6 Å². The highest BCUT2D eigenvalue weighted by Gasteiger charge is 2.14. The van der Waals surface area contributed by atoms with Crippen LogP contribution in [0.5, 0.6) is 5.75 Å². The average molecular weight is 350 g/mol. The summed E-state index contributed by atoms with van der Waals surface area (Å²) in [6.07, 6.45) is 0. The summed E-state index contributed by atoms with van der Waals surface area (Å²) < 4.78 is 11.4. The third-order valence-electron chi connectivity index (χ3n) is 3.55. The molecule has 0 spiro atoms. The molecule has 0 fully saturated rings. The number of carbonyl (C=O) groups excluding carboxylic acids is 2. The topological polar surface area (TPSA) is 80.9 Å². The van der Waals surface area contributed by atoms with Gasteiger partial charge in [0, 0.05) is 18.4 Å². The number of hydrogen-bond acceptors (Lipinski definition) is 5. The molecule has 0 aliphatic heterocycles. The van der Waals surface area contributed by atoms with Gasteiger partial charge in [0.25, 0.3) is 5.91 Å². The van der Waals surface area contributed by atoms with Gasteiger partial charge in [0.05, 0.1) is 12.3 Å². The Morgan fingerprint density at radius 3 is 2.58 bits per heavy atom. The molecule has 0 radical (unpaired) electrons. The summed E-state index contributed by atoms with van der Waals surface area (Å²) in [5.41, 5.74) is 1.47. The van der Waals surface area contributed by atoms with Crippen LogP contribution in [0.25, 0.3) is 11.0 Å². The molecule has 0 aliphatic carbocycles. The van der Waals surface area contributed by atoms with E-state index in [2.05, 4.69) is 10.3 Å². The second-order valence-electron chi connectivity index (χ2n) is 5.56. The summed E-state index contributed by atoms with van der Waals surface area (Å²) in [5.74, 6) is -0.352.